The second kappa shape index (κ2) is 4.10. The van der Waals surface area contributed by atoms with Crippen molar-refractivity contribution in [3.8, 4) is 0 Å². The van der Waals surface area contributed by atoms with Crippen LogP contribution >= 0.6 is 11.6 Å². The number of hydrogen-bond donors (Lipinski definition) is 0. The molecule has 2 aromatic rings. The Morgan fingerprint density at radius 2 is 2.06 bits per heavy atom. The lowest BCUT2D eigenvalue weighted by atomic mass is 10.1. The van der Waals surface area contributed by atoms with Crippen molar-refractivity contribution in [3.63, 3.8) is 0 Å². The second-order valence-corrected chi connectivity index (χ2v) is 4.13. The highest BCUT2D eigenvalue weighted by Crippen LogP contribution is 2.22. The third-order valence-corrected chi connectivity index (χ3v) is 2.67. The highest BCUT2D eigenvalue weighted by atomic mass is 35.5. The molecule has 0 bridgehead atoms. The predicted octanol–water partition coefficient (Wildman–Crippen LogP) is 2.59. The molecule has 0 unspecified atom stereocenters. The standard InChI is InChI=1S/C12H11ClN2O/c1-15(2)12(16)8-3-4-9-10(13)5-6-14-11(9)7-8/h3-7H,1-2H3. The van der Waals surface area contributed by atoms with Crippen molar-refractivity contribution in [2.75, 3.05) is 14.1 Å². The van der Waals surface area contributed by atoms with Crippen LogP contribution in [0.1, 0.15) is 10.4 Å². The summed E-state index contributed by atoms with van der Waals surface area (Å²) in [6, 6.07) is 7.07. The van der Waals surface area contributed by atoms with Gasteiger partial charge in [-0.3, -0.25) is 9.78 Å². The van der Waals surface area contributed by atoms with Crippen LogP contribution < -0.4 is 0 Å². The summed E-state index contributed by atoms with van der Waals surface area (Å²) in [5, 5.41) is 1.51. The molecular formula is C12H11ClN2O. The molecule has 1 amide bonds. The Balaban J connectivity index is 2.57. The summed E-state index contributed by atoms with van der Waals surface area (Å²) in [4.78, 5) is 17.5. The fourth-order valence-corrected chi connectivity index (χ4v) is 1.72. The van der Waals surface area contributed by atoms with Gasteiger partial charge in [0.15, 0.2) is 0 Å². The van der Waals surface area contributed by atoms with E-state index in [0.29, 0.717) is 10.6 Å². The van der Waals surface area contributed by atoms with Crippen LogP contribution in [0.5, 0.6) is 0 Å². The van der Waals surface area contributed by atoms with Crippen molar-refractivity contribution in [3.05, 3.63) is 41.0 Å². The molecule has 0 spiro atoms. The van der Waals surface area contributed by atoms with Gasteiger partial charge in [-0.05, 0) is 18.2 Å². The summed E-state index contributed by atoms with van der Waals surface area (Å²) < 4.78 is 0. The molecule has 0 aliphatic carbocycles. The number of aromatic nitrogens is 1. The molecule has 0 saturated carbocycles. The van der Waals surface area contributed by atoms with E-state index in [0.717, 1.165) is 10.9 Å². The maximum absolute atomic E-state index is 11.7. The minimum atomic E-state index is -0.0383. The zero-order valence-electron chi connectivity index (χ0n) is 9.07. The fraction of sp³-hybridized carbons (Fsp3) is 0.167. The zero-order valence-corrected chi connectivity index (χ0v) is 9.82. The van der Waals surface area contributed by atoms with Gasteiger partial charge in [-0.2, -0.15) is 0 Å². The number of carbonyl (C=O) groups excluding carboxylic acids is 1. The molecule has 2 rings (SSSR count). The van der Waals surface area contributed by atoms with Crippen molar-refractivity contribution in [2.24, 2.45) is 0 Å². The number of pyridine rings is 1. The fourth-order valence-electron chi connectivity index (χ4n) is 1.50. The summed E-state index contributed by atoms with van der Waals surface area (Å²) in [6.07, 6.45) is 1.63. The molecule has 0 atom stereocenters. The number of carbonyl (C=O) groups is 1. The van der Waals surface area contributed by atoms with Crippen LogP contribution in [0, 0.1) is 0 Å². The maximum Gasteiger partial charge on any atom is 0.253 e. The van der Waals surface area contributed by atoms with Gasteiger partial charge in [-0.15, -0.1) is 0 Å². The number of fused-ring (bicyclic) bond motifs is 1. The maximum atomic E-state index is 11.7. The van der Waals surface area contributed by atoms with E-state index >= 15 is 0 Å². The molecule has 1 aromatic carbocycles. The molecule has 0 aliphatic rings. The zero-order chi connectivity index (χ0) is 11.7. The first kappa shape index (κ1) is 10.9. The molecule has 16 heavy (non-hydrogen) atoms. The van der Waals surface area contributed by atoms with Crippen molar-refractivity contribution < 1.29 is 4.79 Å². The third-order valence-electron chi connectivity index (χ3n) is 2.34. The first-order valence-corrected chi connectivity index (χ1v) is 5.23. The first-order valence-electron chi connectivity index (χ1n) is 4.85. The number of halogens is 1. The van der Waals surface area contributed by atoms with E-state index in [1.807, 2.05) is 6.07 Å². The number of amides is 1. The largest absolute Gasteiger partial charge is 0.345 e. The molecule has 1 aromatic heterocycles. The number of benzene rings is 1. The van der Waals surface area contributed by atoms with E-state index < -0.39 is 0 Å². The summed E-state index contributed by atoms with van der Waals surface area (Å²) in [7, 11) is 3.44. The normalized spacial score (nSPS) is 10.4. The van der Waals surface area contributed by atoms with Crippen molar-refractivity contribution >= 4 is 28.4 Å². The summed E-state index contributed by atoms with van der Waals surface area (Å²) in [5.41, 5.74) is 1.35. The third kappa shape index (κ3) is 1.86. The van der Waals surface area contributed by atoms with Crippen LogP contribution in [0.15, 0.2) is 30.5 Å². The molecule has 3 nitrogen and oxygen atoms in total. The molecule has 1 heterocycles. The van der Waals surface area contributed by atoms with Gasteiger partial charge in [0, 0.05) is 31.2 Å². The van der Waals surface area contributed by atoms with Gasteiger partial charge in [0.1, 0.15) is 0 Å². The van der Waals surface area contributed by atoms with Crippen molar-refractivity contribution in [2.45, 2.75) is 0 Å². The predicted molar refractivity (Wildman–Crippen MR) is 64.8 cm³/mol. The van der Waals surface area contributed by atoms with E-state index in [1.54, 1.807) is 38.5 Å². The smallest absolute Gasteiger partial charge is 0.253 e. The Labute approximate surface area is 98.7 Å². The average molecular weight is 235 g/mol. The van der Waals surface area contributed by atoms with Crippen LogP contribution in [0.3, 0.4) is 0 Å². The monoisotopic (exact) mass is 234 g/mol. The topological polar surface area (TPSA) is 33.2 Å². The Hall–Kier alpha value is -1.61. The minimum Gasteiger partial charge on any atom is -0.345 e. The van der Waals surface area contributed by atoms with Crippen LogP contribution in [-0.2, 0) is 0 Å². The number of nitrogens with zero attached hydrogens (tertiary/aromatic N) is 2. The van der Waals surface area contributed by atoms with E-state index in [1.165, 1.54) is 4.90 Å². The van der Waals surface area contributed by atoms with Crippen LogP contribution in [-0.4, -0.2) is 29.9 Å². The Morgan fingerprint density at radius 1 is 1.31 bits per heavy atom. The lowest BCUT2D eigenvalue weighted by molar-refractivity contribution is 0.0828. The summed E-state index contributed by atoms with van der Waals surface area (Å²) >= 11 is 6.02. The molecule has 4 heteroatoms. The Bertz CT molecular complexity index is 552. The van der Waals surface area contributed by atoms with E-state index in [4.69, 9.17) is 11.6 Å². The van der Waals surface area contributed by atoms with Gasteiger partial charge in [-0.25, -0.2) is 0 Å². The van der Waals surface area contributed by atoms with Gasteiger partial charge < -0.3 is 4.90 Å². The van der Waals surface area contributed by atoms with E-state index in [-0.39, 0.29) is 5.91 Å². The van der Waals surface area contributed by atoms with E-state index in [2.05, 4.69) is 4.98 Å². The highest BCUT2D eigenvalue weighted by molar-refractivity contribution is 6.35. The molecule has 0 fully saturated rings. The van der Waals surface area contributed by atoms with Crippen LogP contribution in [0.25, 0.3) is 10.9 Å². The van der Waals surface area contributed by atoms with Gasteiger partial charge in [-0.1, -0.05) is 17.7 Å². The quantitative estimate of drug-likeness (QED) is 0.760. The van der Waals surface area contributed by atoms with Gasteiger partial charge >= 0.3 is 0 Å². The molecule has 0 aliphatic heterocycles. The van der Waals surface area contributed by atoms with Crippen LogP contribution in [0.4, 0.5) is 0 Å². The Kier molecular flexibility index (Phi) is 2.79. The summed E-state index contributed by atoms with van der Waals surface area (Å²) in [5.74, 6) is -0.0383. The molecular weight excluding hydrogens is 224 g/mol. The lowest BCUT2D eigenvalue weighted by Crippen LogP contribution is -2.21. The van der Waals surface area contributed by atoms with Crippen molar-refractivity contribution in [1.82, 2.24) is 9.88 Å². The molecule has 82 valence electrons. The summed E-state index contributed by atoms with van der Waals surface area (Å²) in [6.45, 7) is 0. The lowest BCUT2D eigenvalue weighted by Gasteiger charge is -2.10. The SMILES string of the molecule is CN(C)C(=O)c1ccc2c(Cl)ccnc2c1. The van der Waals surface area contributed by atoms with Gasteiger partial charge in [0.25, 0.3) is 5.91 Å². The first-order chi connectivity index (χ1) is 7.59. The number of hydrogen-bond acceptors (Lipinski definition) is 2. The molecule has 0 radical (unpaired) electrons. The number of rotatable bonds is 1. The van der Waals surface area contributed by atoms with Crippen LogP contribution in [0.2, 0.25) is 5.02 Å². The Morgan fingerprint density at radius 3 is 2.75 bits per heavy atom. The van der Waals surface area contributed by atoms with Gasteiger partial charge in [0.05, 0.1) is 10.5 Å². The van der Waals surface area contributed by atoms with Gasteiger partial charge in [0.2, 0.25) is 0 Å². The second-order valence-electron chi connectivity index (χ2n) is 3.72. The van der Waals surface area contributed by atoms with Crippen molar-refractivity contribution in [1.29, 1.82) is 0 Å². The van der Waals surface area contributed by atoms with E-state index in [9.17, 15) is 4.79 Å². The molecule has 0 N–H and O–H groups in total. The molecule has 0 saturated heterocycles. The minimum absolute atomic E-state index is 0.0383. The highest BCUT2D eigenvalue weighted by Gasteiger charge is 2.09. The average Bonchev–Trinajstić information content (AvgIpc) is 2.28.